The van der Waals surface area contributed by atoms with Gasteiger partial charge in [-0.2, -0.15) is 4.73 Å². The highest BCUT2D eigenvalue weighted by Crippen LogP contribution is 2.43. The zero-order valence-corrected chi connectivity index (χ0v) is 26.8. The fraction of sp³-hybridized carbons (Fsp3) is 0.273. The van der Waals surface area contributed by atoms with Crippen molar-refractivity contribution in [3.05, 3.63) is 125 Å². The van der Waals surface area contributed by atoms with E-state index in [0.29, 0.717) is 10.8 Å². The zero-order valence-electron chi connectivity index (χ0n) is 23.7. The third kappa shape index (κ3) is 7.87. The van der Waals surface area contributed by atoms with Crippen LogP contribution in [0.3, 0.4) is 0 Å². The van der Waals surface area contributed by atoms with Gasteiger partial charge in [-0.05, 0) is 33.9 Å². The van der Waals surface area contributed by atoms with E-state index in [1.165, 1.54) is 18.0 Å². The van der Waals surface area contributed by atoms with Crippen LogP contribution in [-0.2, 0) is 27.4 Å². The first-order valence-electron chi connectivity index (χ1n) is 14.0. The van der Waals surface area contributed by atoms with Crippen LogP contribution in [0.25, 0.3) is 11.1 Å². The summed E-state index contributed by atoms with van der Waals surface area (Å²) in [7, 11) is 0. The number of benzene rings is 3. The van der Waals surface area contributed by atoms with Crippen LogP contribution < -0.4 is 10.0 Å². The molecule has 1 amide bonds. The molecule has 0 aliphatic carbocycles. The molecule has 2 heterocycles. The highest BCUT2D eigenvalue weighted by molar-refractivity contribution is 7.99. The quantitative estimate of drug-likeness (QED) is 0.0856. The number of aliphatic hydroxyl groups is 1. The molecule has 0 radical (unpaired) electrons. The molecule has 1 aliphatic rings. The minimum absolute atomic E-state index is 0.0170. The Kier molecular flexibility index (Phi) is 10.7. The normalized spacial score (nSPS) is 20.3. The standard InChI is InChI=1S/C33H31Cl3N2O5S/c1-21-28(20-44-29-8-4-5-17-38(29)41)42-31(43-30(21)24-11-9-22(19-39)10-12-24)25-15-13-23(14-16-25)27-7-3-2-6-26(27)18-37-32(40)33(34,35)36/h2-17,21,28,30-31,39H,18-20H2,1H3,(H,37,40). The molecule has 1 saturated heterocycles. The van der Waals surface area contributed by atoms with E-state index >= 15 is 0 Å². The van der Waals surface area contributed by atoms with E-state index in [1.54, 1.807) is 12.1 Å². The summed E-state index contributed by atoms with van der Waals surface area (Å²) in [6, 6.07) is 28.6. The van der Waals surface area contributed by atoms with E-state index < -0.39 is 16.0 Å². The molecule has 1 aliphatic heterocycles. The summed E-state index contributed by atoms with van der Waals surface area (Å²) >= 11 is 18.6. The Bertz CT molecular complexity index is 1570. The van der Waals surface area contributed by atoms with Crippen LogP contribution in [0.5, 0.6) is 0 Å². The summed E-state index contributed by atoms with van der Waals surface area (Å²) in [4.78, 5) is 12.1. The Labute approximate surface area is 275 Å². The highest BCUT2D eigenvalue weighted by atomic mass is 35.6. The van der Waals surface area contributed by atoms with Crippen LogP contribution in [0, 0.1) is 11.1 Å². The lowest BCUT2D eigenvalue weighted by Crippen LogP contribution is -2.39. The molecule has 230 valence electrons. The van der Waals surface area contributed by atoms with Crippen molar-refractivity contribution in [1.82, 2.24) is 5.32 Å². The maximum absolute atomic E-state index is 12.3. The molecule has 0 saturated carbocycles. The van der Waals surface area contributed by atoms with Crippen LogP contribution in [0.15, 0.2) is 102 Å². The van der Waals surface area contributed by atoms with Gasteiger partial charge in [0.2, 0.25) is 0 Å². The zero-order chi connectivity index (χ0) is 31.3. The van der Waals surface area contributed by atoms with Gasteiger partial charge in [0.25, 0.3) is 14.7 Å². The number of amides is 1. The van der Waals surface area contributed by atoms with Crippen LogP contribution in [-0.4, -0.2) is 26.7 Å². The van der Waals surface area contributed by atoms with Crippen molar-refractivity contribution in [3.8, 4) is 11.1 Å². The molecular weight excluding hydrogens is 643 g/mol. The van der Waals surface area contributed by atoms with Crippen molar-refractivity contribution in [3.63, 3.8) is 0 Å². The maximum atomic E-state index is 12.3. The van der Waals surface area contributed by atoms with Gasteiger partial charge in [0.15, 0.2) is 12.5 Å². The summed E-state index contributed by atoms with van der Waals surface area (Å²) in [5.41, 5.74) is 5.37. The first kappa shape index (κ1) is 32.6. The van der Waals surface area contributed by atoms with Gasteiger partial charge >= 0.3 is 0 Å². The largest absolute Gasteiger partial charge is 0.618 e. The lowest BCUT2D eigenvalue weighted by molar-refractivity contribution is -0.645. The Morgan fingerprint density at radius 3 is 2.32 bits per heavy atom. The monoisotopic (exact) mass is 672 g/mol. The predicted octanol–water partition coefficient (Wildman–Crippen LogP) is 7.05. The van der Waals surface area contributed by atoms with Gasteiger partial charge in [0.05, 0.1) is 18.8 Å². The van der Waals surface area contributed by atoms with Crippen molar-refractivity contribution in [2.75, 3.05) is 5.75 Å². The summed E-state index contributed by atoms with van der Waals surface area (Å²) in [6.07, 6.45) is 0.342. The number of aromatic nitrogens is 1. The number of aliphatic hydroxyl groups excluding tert-OH is 1. The highest BCUT2D eigenvalue weighted by Gasteiger charge is 2.38. The van der Waals surface area contributed by atoms with E-state index in [4.69, 9.17) is 44.3 Å². The van der Waals surface area contributed by atoms with Crippen LogP contribution in [0.1, 0.15) is 41.6 Å². The molecule has 0 bridgehead atoms. The molecule has 44 heavy (non-hydrogen) atoms. The molecule has 1 aromatic heterocycles. The Balaban J connectivity index is 1.38. The molecule has 4 atom stereocenters. The maximum Gasteiger partial charge on any atom is 0.272 e. The number of hydrogen-bond donors (Lipinski definition) is 2. The van der Waals surface area contributed by atoms with Crippen molar-refractivity contribution in [2.45, 2.75) is 47.4 Å². The number of carbonyl (C=O) groups is 1. The van der Waals surface area contributed by atoms with Gasteiger partial charge in [-0.1, -0.05) is 126 Å². The molecule has 7 nitrogen and oxygen atoms in total. The van der Waals surface area contributed by atoms with Crippen LogP contribution >= 0.6 is 46.6 Å². The van der Waals surface area contributed by atoms with E-state index in [-0.39, 0.29) is 31.3 Å². The smallest absolute Gasteiger partial charge is 0.272 e. The number of hydrogen-bond acceptors (Lipinski definition) is 6. The van der Waals surface area contributed by atoms with E-state index in [2.05, 4.69) is 12.2 Å². The van der Waals surface area contributed by atoms with Gasteiger partial charge in [0.1, 0.15) is 0 Å². The number of ether oxygens (including phenoxy) is 2. The van der Waals surface area contributed by atoms with Crippen LogP contribution in [0.2, 0.25) is 0 Å². The molecule has 0 spiro atoms. The number of alkyl halides is 3. The topological polar surface area (TPSA) is 94.7 Å². The second-order valence-corrected chi connectivity index (χ2v) is 13.8. The van der Waals surface area contributed by atoms with Gasteiger partial charge in [-0.3, -0.25) is 4.79 Å². The first-order valence-corrected chi connectivity index (χ1v) is 16.1. The number of nitrogens with zero attached hydrogens (tertiary/aromatic N) is 1. The van der Waals surface area contributed by atoms with Crippen molar-refractivity contribution >= 4 is 52.5 Å². The number of thioether (sulfide) groups is 1. The summed E-state index contributed by atoms with van der Waals surface area (Å²) < 4.78 is 11.9. The first-order chi connectivity index (χ1) is 21.1. The summed E-state index contributed by atoms with van der Waals surface area (Å²) in [6.45, 7) is 2.25. The average molecular weight is 674 g/mol. The average Bonchev–Trinajstić information content (AvgIpc) is 3.03. The van der Waals surface area contributed by atoms with Crippen LogP contribution in [0.4, 0.5) is 0 Å². The summed E-state index contributed by atoms with van der Waals surface area (Å²) in [5, 5.41) is 25.0. The Hall–Kier alpha value is -2.82. The molecule has 1 fully saturated rings. The van der Waals surface area contributed by atoms with Crippen molar-refractivity contribution < 1.29 is 24.1 Å². The number of halogens is 3. The van der Waals surface area contributed by atoms with E-state index in [1.807, 2.05) is 78.9 Å². The van der Waals surface area contributed by atoms with Gasteiger partial charge in [-0.15, -0.1) is 0 Å². The molecule has 3 aromatic carbocycles. The molecular formula is C33H31Cl3N2O5S. The lowest BCUT2D eigenvalue weighted by Gasteiger charge is -2.41. The molecule has 5 rings (SSSR count). The van der Waals surface area contributed by atoms with Crippen molar-refractivity contribution in [2.24, 2.45) is 5.92 Å². The lowest BCUT2D eigenvalue weighted by atomic mass is 9.91. The number of carbonyl (C=O) groups excluding carboxylic acids is 1. The second kappa shape index (κ2) is 14.5. The number of nitrogens with one attached hydrogen (secondary N) is 1. The van der Waals surface area contributed by atoms with E-state index in [0.717, 1.165) is 38.1 Å². The Morgan fingerprint density at radius 1 is 0.955 bits per heavy atom. The molecule has 4 aromatic rings. The van der Waals surface area contributed by atoms with E-state index in [9.17, 15) is 15.1 Å². The molecule has 4 unspecified atom stereocenters. The Morgan fingerprint density at radius 2 is 1.64 bits per heavy atom. The minimum Gasteiger partial charge on any atom is -0.618 e. The summed E-state index contributed by atoms with van der Waals surface area (Å²) in [5.74, 6) is -0.153. The predicted molar refractivity (Wildman–Crippen MR) is 173 cm³/mol. The van der Waals surface area contributed by atoms with Crippen molar-refractivity contribution in [1.29, 1.82) is 0 Å². The van der Waals surface area contributed by atoms with Gasteiger partial charge in [0, 0.05) is 35.9 Å². The second-order valence-electron chi connectivity index (χ2n) is 10.5. The third-order valence-electron chi connectivity index (χ3n) is 7.52. The fourth-order valence-corrected chi connectivity index (χ4v) is 6.33. The number of rotatable bonds is 9. The fourth-order valence-electron chi connectivity index (χ4n) is 5.05. The van der Waals surface area contributed by atoms with Gasteiger partial charge < -0.3 is 25.1 Å². The third-order valence-corrected chi connectivity index (χ3v) is 9.14. The molecule has 11 heteroatoms. The van der Waals surface area contributed by atoms with Gasteiger partial charge in [-0.25, -0.2) is 0 Å². The number of pyridine rings is 1. The molecule has 2 N–H and O–H groups in total. The SMILES string of the molecule is CC1C(CSc2cccc[n+]2[O-])OC(c2ccc(-c3ccccc3CNC(=O)C(Cl)(Cl)Cl)cc2)OC1c1ccc(CO)cc1. The minimum atomic E-state index is -2.04.